The van der Waals surface area contributed by atoms with Crippen molar-refractivity contribution in [3.8, 4) is 0 Å². The van der Waals surface area contributed by atoms with E-state index in [0.717, 1.165) is 12.1 Å². The number of aliphatic hydroxyl groups excluding tert-OH is 2. The molecule has 1 aromatic carbocycles. The topological polar surface area (TPSA) is 60.8 Å². The van der Waals surface area contributed by atoms with Gasteiger partial charge in [0.15, 0.2) is 0 Å². The highest BCUT2D eigenvalue weighted by atomic mass is 19.4. The average Bonchev–Trinajstić information content (AvgIpc) is 2.79. The standard InChI is InChI=1S/C13H14F3NO3/c14-13(15,16)9-3-1-2-8(4-9)11-5-10(19)6-17(11)12(20)7-18/h1-4,10-11,18-19H,5-7H2/t10-,11-/m0/s1. The fourth-order valence-electron chi connectivity index (χ4n) is 2.42. The van der Waals surface area contributed by atoms with Crippen molar-refractivity contribution in [2.45, 2.75) is 24.7 Å². The van der Waals surface area contributed by atoms with Crippen molar-refractivity contribution < 1.29 is 28.2 Å². The molecule has 0 aromatic heterocycles. The lowest BCUT2D eigenvalue weighted by atomic mass is 10.0. The molecule has 20 heavy (non-hydrogen) atoms. The van der Waals surface area contributed by atoms with Gasteiger partial charge in [0.25, 0.3) is 0 Å². The highest BCUT2D eigenvalue weighted by molar-refractivity contribution is 5.78. The Morgan fingerprint density at radius 3 is 2.70 bits per heavy atom. The van der Waals surface area contributed by atoms with E-state index in [-0.39, 0.29) is 13.0 Å². The fraction of sp³-hybridized carbons (Fsp3) is 0.462. The van der Waals surface area contributed by atoms with Crippen LogP contribution in [-0.4, -0.2) is 40.3 Å². The number of aliphatic hydroxyl groups is 2. The molecule has 0 bridgehead atoms. The number of alkyl halides is 3. The first-order chi connectivity index (χ1) is 9.32. The van der Waals surface area contributed by atoms with E-state index in [0.29, 0.717) is 5.56 Å². The van der Waals surface area contributed by atoms with Crippen molar-refractivity contribution in [1.82, 2.24) is 4.90 Å². The summed E-state index contributed by atoms with van der Waals surface area (Å²) in [5, 5.41) is 18.5. The summed E-state index contributed by atoms with van der Waals surface area (Å²) in [6, 6.07) is 4.03. The third-order valence-corrected chi connectivity index (χ3v) is 3.33. The van der Waals surface area contributed by atoms with Gasteiger partial charge in [-0.25, -0.2) is 0 Å². The largest absolute Gasteiger partial charge is 0.416 e. The number of halogens is 3. The summed E-state index contributed by atoms with van der Waals surface area (Å²) in [6.07, 6.45) is -5.10. The Labute approximate surface area is 113 Å². The Bertz CT molecular complexity index is 504. The Kier molecular flexibility index (Phi) is 4.01. The second-order valence-corrected chi connectivity index (χ2v) is 4.73. The van der Waals surface area contributed by atoms with E-state index >= 15 is 0 Å². The van der Waals surface area contributed by atoms with Crippen LogP contribution in [0.25, 0.3) is 0 Å². The summed E-state index contributed by atoms with van der Waals surface area (Å²) < 4.78 is 38.1. The van der Waals surface area contributed by atoms with Gasteiger partial charge >= 0.3 is 6.18 Å². The van der Waals surface area contributed by atoms with Crippen LogP contribution < -0.4 is 0 Å². The van der Waals surface area contributed by atoms with Gasteiger partial charge in [-0.3, -0.25) is 4.79 Å². The molecule has 7 heteroatoms. The van der Waals surface area contributed by atoms with Crippen molar-refractivity contribution >= 4 is 5.91 Å². The molecule has 1 aliphatic rings. The molecule has 2 N–H and O–H groups in total. The summed E-state index contributed by atoms with van der Waals surface area (Å²) in [6.45, 7) is -0.720. The van der Waals surface area contributed by atoms with Gasteiger partial charge in [0.2, 0.25) is 5.91 Å². The molecule has 1 saturated heterocycles. The van der Waals surface area contributed by atoms with E-state index < -0.39 is 36.4 Å². The highest BCUT2D eigenvalue weighted by Crippen LogP contribution is 2.36. The van der Waals surface area contributed by atoms with Crippen LogP contribution >= 0.6 is 0 Å². The number of hydrogen-bond donors (Lipinski definition) is 2. The van der Waals surface area contributed by atoms with Crippen molar-refractivity contribution in [2.75, 3.05) is 13.2 Å². The van der Waals surface area contributed by atoms with E-state index in [1.165, 1.54) is 17.0 Å². The summed E-state index contributed by atoms with van der Waals surface area (Å²) in [5.74, 6) is -0.607. The molecule has 0 unspecified atom stereocenters. The summed E-state index contributed by atoms with van der Waals surface area (Å²) in [7, 11) is 0. The van der Waals surface area contributed by atoms with Gasteiger partial charge in [0, 0.05) is 6.54 Å². The van der Waals surface area contributed by atoms with E-state index in [1.807, 2.05) is 0 Å². The zero-order chi connectivity index (χ0) is 14.9. The quantitative estimate of drug-likeness (QED) is 0.863. The van der Waals surface area contributed by atoms with E-state index in [1.54, 1.807) is 0 Å². The number of rotatable bonds is 2. The Morgan fingerprint density at radius 2 is 2.10 bits per heavy atom. The fourth-order valence-corrected chi connectivity index (χ4v) is 2.42. The van der Waals surface area contributed by atoms with Crippen molar-refractivity contribution in [3.05, 3.63) is 35.4 Å². The van der Waals surface area contributed by atoms with Gasteiger partial charge in [0.1, 0.15) is 6.61 Å². The second kappa shape index (κ2) is 5.41. The third kappa shape index (κ3) is 2.94. The number of hydrogen-bond acceptors (Lipinski definition) is 3. The van der Waals surface area contributed by atoms with Gasteiger partial charge in [-0.2, -0.15) is 13.2 Å². The second-order valence-electron chi connectivity index (χ2n) is 4.73. The maximum absolute atomic E-state index is 12.7. The first-order valence-electron chi connectivity index (χ1n) is 6.08. The molecular weight excluding hydrogens is 275 g/mol. The van der Waals surface area contributed by atoms with Crippen LogP contribution in [0.5, 0.6) is 0 Å². The van der Waals surface area contributed by atoms with Crippen LogP contribution in [0.4, 0.5) is 13.2 Å². The number of benzene rings is 1. The smallest absolute Gasteiger partial charge is 0.391 e. The predicted molar refractivity (Wildman–Crippen MR) is 63.6 cm³/mol. The first-order valence-corrected chi connectivity index (χ1v) is 6.08. The lowest BCUT2D eigenvalue weighted by molar-refractivity contribution is -0.137. The van der Waals surface area contributed by atoms with Gasteiger partial charge < -0.3 is 15.1 Å². The van der Waals surface area contributed by atoms with Crippen LogP contribution in [0.1, 0.15) is 23.6 Å². The van der Waals surface area contributed by atoms with E-state index in [4.69, 9.17) is 5.11 Å². The van der Waals surface area contributed by atoms with Gasteiger partial charge in [-0.1, -0.05) is 12.1 Å². The molecule has 1 amide bonds. The van der Waals surface area contributed by atoms with Crippen molar-refractivity contribution in [3.63, 3.8) is 0 Å². The van der Waals surface area contributed by atoms with Crippen LogP contribution in [0.3, 0.4) is 0 Å². The van der Waals surface area contributed by atoms with Crippen LogP contribution in [0.15, 0.2) is 24.3 Å². The number of carbonyl (C=O) groups is 1. The monoisotopic (exact) mass is 289 g/mol. The third-order valence-electron chi connectivity index (χ3n) is 3.33. The molecule has 110 valence electrons. The Morgan fingerprint density at radius 1 is 1.40 bits per heavy atom. The minimum absolute atomic E-state index is 0.0142. The van der Waals surface area contributed by atoms with Crippen molar-refractivity contribution in [1.29, 1.82) is 0 Å². The summed E-state index contributed by atoms with van der Waals surface area (Å²) in [5.41, 5.74) is -0.494. The normalized spacial score (nSPS) is 23.1. The number of likely N-dealkylation sites (tertiary alicyclic amines) is 1. The van der Waals surface area contributed by atoms with Crippen molar-refractivity contribution in [2.24, 2.45) is 0 Å². The van der Waals surface area contributed by atoms with E-state index in [2.05, 4.69) is 0 Å². The number of β-amino-alcohol motifs (C(OH)–C–C–N with tert-alkyl or cyclic N) is 1. The molecule has 0 saturated carbocycles. The molecule has 1 fully saturated rings. The Balaban J connectivity index is 2.32. The highest BCUT2D eigenvalue weighted by Gasteiger charge is 2.36. The molecule has 2 atom stereocenters. The number of amides is 1. The molecule has 4 nitrogen and oxygen atoms in total. The Hall–Kier alpha value is -1.60. The average molecular weight is 289 g/mol. The molecule has 1 aromatic rings. The lowest BCUT2D eigenvalue weighted by Crippen LogP contribution is -2.33. The lowest BCUT2D eigenvalue weighted by Gasteiger charge is -2.24. The first kappa shape index (κ1) is 14.8. The number of nitrogens with zero attached hydrogens (tertiary/aromatic N) is 1. The van der Waals surface area contributed by atoms with Crippen LogP contribution in [0, 0.1) is 0 Å². The zero-order valence-electron chi connectivity index (χ0n) is 10.5. The van der Waals surface area contributed by atoms with Crippen LogP contribution in [0.2, 0.25) is 0 Å². The summed E-state index contributed by atoms with van der Waals surface area (Å²) in [4.78, 5) is 12.8. The maximum atomic E-state index is 12.7. The van der Waals surface area contributed by atoms with Gasteiger partial charge in [-0.05, 0) is 24.1 Å². The van der Waals surface area contributed by atoms with Gasteiger partial charge in [0.05, 0.1) is 17.7 Å². The SMILES string of the molecule is O=C(CO)N1C[C@@H](O)C[C@H]1c1cccc(C(F)(F)F)c1. The molecule has 1 heterocycles. The summed E-state index contributed by atoms with van der Waals surface area (Å²) >= 11 is 0. The molecule has 0 aliphatic carbocycles. The molecule has 2 rings (SSSR count). The maximum Gasteiger partial charge on any atom is 0.416 e. The van der Waals surface area contributed by atoms with E-state index in [9.17, 15) is 23.1 Å². The molecule has 1 aliphatic heterocycles. The van der Waals surface area contributed by atoms with Crippen LogP contribution in [-0.2, 0) is 11.0 Å². The zero-order valence-corrected chi connectivity index (χ0v) is 10.5. The molecule has 0 spiro atoms. The number of carbonyl (C=O) groups excluding carboxylic acids is 1. The minimum atomic E-state index is -4.46. The predicted octanol–water partition coefficient (Wildman–Crippen LogP) is 1.33. The minimum Gasteiger partial charge on any atom is -0.391 e. The van der Waals surface area contributed by atoms with Gasteiger partial charge in [-0.15, -0.1) is 0 Å². The molecular formula is C13H14F3NO3. The molecule has 0 radical (unpaired) electrons.